The molecule has 78 valence electrons. The number of unbranched alkanes of at least 4 members (excludes halogenated alkanes) is 1. The first-order valence-electron chi connectivity index (χ1n) is 5.43. The van der Waals surface area contributed by atoms with Crippen molar-refractivity contribution >= 4 is 0 Å². The molecule has 1 nitrogen and oxygen atoms in total. The van der Waals surface area contributed by atoms with Crippen LogP contribution in [0.25, 0.3) is 0 Å². The van der Waals surface area contributed by atoms with Crippen molar-refractivity contribution in [3.8, 4) is 0 Å². The fourth-order valence-electron chi connectivity index (χ4n) is 1.05. The van der Waals surface area contributed by atoms with Crippen LogP contribution in [0.5, 0.6) is 0 Å². The molecule has 1 aliphatic rings. The van der Waals surface area contributed by atoms with Crippen molar-refractivity contribution in [2.24, 2.45) is 0 Å². The molecule has 0 aromatic heterocycles. The third-order valence-corrected chi connectivity index (χ3v) is 2.21. The van der Waals surface area contributed by atoms with E-state index in [1.165, 1.54) is 19.3 Å². The van der Waals surface area contributed by atoms with Gasteiger partial charge in [0.05, 0.1) is 6.10 Å². The van der Waals surface area contributed by atoms with Gasteiger partial charge in [0.15, 0.2) is 0 Å². The molecule has 0 aromatic carbocycles. The lowest BCUT2D eigenvalue weighted by molar-refractivity contribution is 0.206. The predicted octanol–water partition coefficient (Wildman–Crippen LogP) is 3.98. The molecule has 1 saturated carbocycles. The van der Waals surface area contributed by atoms with Crippen molar-refractivity contribution in [2.75, 3.05) is 0 Å². The van der Waals surface area contributed by atoms with Crippen molar-refractivity contribution in [1.82, 2.24) is 0 Å². The SMILES string of the molecule is C=C(OC1CC1)/C(C)=C\C=C/CCC. The molecule has 1 heteroatoms. The van der Waals surface area contributed by atoms with Crippen molar-refractivity contribution in [1.29, 1.82) is 0 Å². The van der Waals surface area contributed by atoms with E-state index < -0.39 is 0 Å². The van der Waals surface area contributed by atoms with E-state index >= 15 is 0 Å². The van der Waals surface area contributed by atoms with Gasteiger partial charge in [-0.05, 0) is 31.8 Å². The second-order valence-corrected chi connectivity index (χ2v) is 3.81. The van der Waals surface area contributed by atoms with Gasteiger partial charge in [-0.2, -0.15) is 0 Å². The Morgan fingerprint density at radius 2 is 2.21 bits per heavy atom. The summed E-state index contributed by atoms with van der Waals surface area (Å²) < 4.78 is 5.58. The molecule has 0 aromatic rings. The van der Waals surface area contributed by atoms with Crippen molar-refractivity contribution in [3.05, 3.63) is 36.1 Å². The molecule has 0 bridgehead atoms. The van der Waals surface area contributed by atoms with Gasteiger partial charge in [-0.25, -0.2) is 0 Å². The third kappa shape index (κ3) is 4.31. The van der Waals surface area contributed by atoms with Crippen LogP contribution in [-0.2, 0) is 4.74 Å². The quantitative estimate of drug-likeness (QED) is 0.457. The van der Waals surface area contributed by atoms with Crippen molar-refractivity contribution in [2.45, 2.75) is 45.6 Å². The van der Waals surface area contributed by atoms with E-state index in [4.69, 9.17) is 4.74 Å². The minimum atomic E-state index is 0.450. The van der Waals surface area contributed by atoms with Gasteiger partial charge < -0.3 is 4.74 Å². The van der Waals surface area contributed by atoms with Crippen LogP contribution in [0.2, 0.25) is 0 Å². The molecule has 0 unspecified atom stereocenters. The minimum absolute atomic E-state index is 0.450. The van der Waals surface area contributed by atoms with E-state index in [0.29, 0.717) is 6.10 Å². The highest BCUT2D eigenvalue weighted by molar-refractivity contribution is 5.25. The van der Waals surface area contributed by atoms with E-state index in [2.05, 4.69) is 31.7 Å². The Balaban J connectivity index is 2.29. The average Bonchev–Trinajstić information content (AvgIpc) is 2.96. The van der Waals surface area contributed by atoms with E-state index in [0.717, 1.165) is 17.8 Å². The second-order valence-electron chi connectivity index (χ2n) is 3.81. The van der Waals surface area contributed by atoms with E-state index in [1.54, 1.807) is 0 Å². The maximum atomic E-state index is 5.58. The Bertz CT molecular complexity index is 244. The molecule has 14 heavy (non-hydrogen) atoms. The molecule has 0 heterocycles. The number of ether oxygens (including phenoxy) is 1. The van der Waals surface area contributed by atoms with Gasteiger partial charge >= 0.3 is 0 Å². The molecular formula is C13H20O. The van der Waals surface area contributed by atoms with Gasteiger partial charge in [0.1, 0.15) is 5.76 Å². The zero-order valence-corrected chi connectivity index (χ0v) is 9.25. The topological polar surface area (TPSA) is 9.23 Å². The second kappa shape index (κ2) is 5.69. The van der Waals surface area contributed by atoms with Gasteiger partial charge in [-0.15, -0.1) is 0 Å². The Morgan fingerprint density at radius 3 is 2.79 bits per heavy atom. The molecule has 0 spiro atoms. The van der Waals surface area contributed by atoms with Crippen LogP contribution in [0.3, 0.4) is 0 Å². The molecule has 0 saturated heterocycles. The van der Waals surface area contributed by atoms with E-state index in [1.807, 2.05) is 6.92 Å². The highest BCUT2D eigenvalue weighted by Gasteiger charge is 2.23. The summed E-state index contributed by atoms with van der Waals surface area (Å²) in [7, 11) is 0. The molecule has 0 N–H and O–H groups in total. The summed E-state index contributed by atoms with van der Waals surface area (Å²) in [4.78, 5) is 0. The minimum Gasteiger partial charge on any atom is -0.491 e. The van der Waals surface area contributed by atoms with Crippen LogP contribution in [0.1, 0.15) is 39.5 Å². The number of hydrogen-bond donors (Lipinski definition) is 0. The Labute approximate surface area is 87.2 Å². The van der Waals surface area contributed by atoms with Crippen molar-refractivity contribution < 1.29 is 4.74 Å². The molecular weight excluding hydrogens is 172 g/mol. The molecule has 0 radical (unpaired) electrons. The summed E-state index contributed by atoms with van der Waals surface area (Å²) in [5, 5.41) is 0. The van der Waals surface area contributed by atoms with Crippen LogP contribution in [0.4, 0.5) is 0 Å². The monoisotopic (exact) mass is 192 g/mol. The summed E-state index contributed by atoms with van der Waals surface area (Å²) in [6.45, 7) is 8.13. The number of hydrogen-bond acceptors (Lipinski definition) is 1. The van der Waals surface area contributed by atoms with Crippen LogP contribution in [0.15, 0.2) is 36.1 Å². The van der Waals surface area contributed by atoms with Gasteiger partial charge in [0.25, 0.3) is 0 Å². The summed E-state index contributed by atoms with van der Waals surface area (Å²) >= 11 is 0. The zero-order valence-electron chi connectivity index (χ0n) is 9.25. The standard InChI is InChI=1S/C13H20O/c1-4-5-6-7-8-11(2)12(3)14-13-9-10-13/h6-8,13H,3-5,9-10H2,1-2H3/b7-6-,11-8-. The highest BCUT2D eigenvalue weighted by Crippen LogP contribution is 2.27. The van der Waals surface area contributed by atoms with Gasteiger partial charge in [-0.3, -0.25) is 0 Å². The lowest BCUT2D eigenvalue weighted by Crippen LogP contribution is -1.93. The predicted molar refractivity (Wildman–Crippen MR) is 61.1 cm³/mol. The smallest absolute Gasteiger partial charge is 0.115 e. The van der Waals surface area contributed by atoms with E-state index in [-0.39, 0.29) is 0 Å². The lowest BCUT2D eigenvalue weighted by Gasteiger charge is -2.06. The van der Waals surface area contributed by atoms with E-state index in [9.17, 15) is 0 Å². The average molecular weight is 192 g/mol. The molecule has 0 aliphatic heterocycles. The van der Waals surface area contributed by atoms with Gasteiger partial charge in [0, 0.05) is 0 Å². The Kier molecular flexibility index (Phi) is 4.51. The Hall–Kier alpha value is -0.980. The van der Waals surface area contributed by atoms with Crippen LogP contribution in [-0.4, -0.2) is 6.10 Å². The van der Waals surface area contributed by atoms with Crippen LogP contribution in [0, 0.1) is 0 Å². The third-order valence-electron chi connectivity index (χ3n) is 2.21. The first kappa shape index (κ1) is 11.1. The molecule has 1 fully saturated rings. The first-order chi connectivity index (χ1) is 6.74. The summed E-state index contributed by atoms with van der Waals surface area (Å²) in [5.74, 6) is 0.827. The molecule has 0 atom stereocenters. The Morgan fingerprint density at radius 1 is 1.50 bits per heavy atom. The maximum absolute atomic E-state index is 5.58. The van der Waals surface area contributed by atoms with Crippen LogP contribution >= 0.6 is 0 Å². The van der Waals surface area contributed by atoms with Crippen LogP contribution < -0.4 is 0 Å². The largest absolute Gasteiger partial charge is 0.491 e. The number of allylic oxidation sites excluding steroid dienone is 4. The fraction of sp³-hybridized carbons (Fsp3) is 0.538. The van der Waals surface area contributed by atoms with Crippen molar-refractivity contribution in [3.63, 3.8) is 0 Å². The number of rotatable bonds is 6. The van der Waals surface area contributed by atoms with Gasteiger partial charge in [0.2, 0.25) is 0 Å². The highest BCUT2D eigenvalue weighted by atomic mass is 16.5. The zero-order chi connectivity index (χ0) is 10.4. The normalized spacial score (nSPS) is 17.4. The molecule has 1 aliphatic carbocycles. The summed E-state index contributed by atoms with van der Waals surface area (Å²) in [6, 6.07) is 0. The fourth-order valence-corrected chi connectivity index (χ4v) is 1.05. The van der Waals surface area contributed by atoms with Gasteiger partial charge in [-0.1, -0.05) is 38.2 Å². The molecule has 1 rings (SSSR count). The summed E-state index contributed by atoms with van der Waals surface area (Å²) in [5.41, 5.74) is 1.13. The lowest BCUT2D eigenvalue weighted by atomic mass is 10.2. The summed E-state index contributed by atoms with van der Waals surface area (Å²) in [6.07, 6.45) is 11.5. The molecule has 0 amide bonds. The maximum Gasteiger partial charge on any atom is 0.115 e. The first-order valence-corrected chi connectivity index (χ1v) is 5.43.